The van der Waals surface area contributed by atoms with Crippen LogP contribution >= 0.6 is 0 Å². The fourth-order valence-electron chi connectivity index (χ4n) is 4.04. The molecule has 2 aliphatic heterocycles. The van der Waals surface area contributed by atoms with Crippen LogP contribution < -0.4 is 0 Å². The highest BCUT2D eigenvalue weighted by atomic mass is 16.5. The maximum absolute atomic E-state index is 6.43. The van der Waals surface area contributed by atoms with Gasteiger partial charge in [-0.05, 0) is 38.1 Å². The normalized spacial score (nSPS) is 22.2. The first-order chi connectivity index (χ1) is 12.2. The first kappa shape index (κ1) is 14.7. The van der Waals surface area contributed by atoms with Gasteiger partial charge in [0.2, 0.25) is 0 Å². The summed E-state index contributed by atoms with van der Waals surface area (Å²) in [5.74, 6) is 1.82. The fourth-order valence-corrected chi connectivity index (χ4v) is 4.04. The summed E-state index contributed by atoms with van der Waals surface area (Å²) in [5.41, 5.74) is 3.59. The van der Waals surface area contributed by atoms with Gasteiger partial charge in [-0.25, -0.2) is 0 Å². The van der Waals surface area contributed by atoms with Crippen LogP contribution in [0, 0.1) is 13.8 Å². The fraction of sp³-hybridized carbons (Fsp3) is 0.316. The van der Waals surface area contributed by atoms with Crippen LogP contribution in [-0.2, 0) is 17.0 Å². The maximum atomic E-state index is 6.43. The van der Waals surface area contributed by atoms with Crippen LogP contribution in [0.5, 0.6) is 0 Å². The molecule has 3 aromatic rings. The van der Waals surface area contributed by atoms with E-state index < -0.39 is 5.72 Å². The van der Waals surface area contributed by atoms with Crippen molar-refractivity contribution in [1.29, 1.82) is 0 Å². The molecule has 1 aromatic carbocycles. The number of hydrogen-bond acceptors (Lipinski definition) is 5. The van der Waals surface area contributed by atoms with Crippen LogP contribution in [0.25, 0.3) is 5.69 Å². The molecule has 5 rings (SSSR count). The lowest BCUT2D eigenvalue weighted by molar-refractivity contribution is -0.0586. The molecule has 0 saturated carbocycles. The summed E-state index contributed by atoms with van der Waals surface area (Å²) in [6, 6.07) is 12.5. The molecule has 1 fully saturated rings. The van der Waals surface area contributed by atoms with Gasteiger partial charge in [-0.1, -0.05) is 17.7 Å². The molecular formula is C19H19N5O. The molecule has 1 unspecified atom stereocenters. The van der Waals surface area contributed by atoms with E-state index in [1.165, 1.54) is 5.56 Å². The van der Waals surface area contributed by atoms with Gasteiger partial charge >= 0.3 is 0 Å². The first-order valence-electron chi connectivity index (χ1n) is 8.53. The highest BCUT2D eigenvalue weighted by Crippen LogP contribution is 2.45. The summed E-state index contributed by atoms with van der Waals surface area (Å²) >= 11 is 0. The molecule has 6 heteroatoms. The van der Waals surface area contributed by atoms with Gasteiger partial charge in [-0.2, -0.15) is 0 Å². The molecule has 0 radical (unpaired) electrons. The standard InChI is InChI=1S/C19H19N5O/c1-13-6-7-16-15(11-13)19(17-5-3-4-8-20-17)23(9-10-25-19)12-18-22-21-14(2)24(16)18/h3-8,11H,9-10,12H2,1-2H3. The monoisotopic (exact) mass is 333 g/mol. The van der Waals surface area contributed by atoms with E-state index in [0.29, 0.717) is 13.2 Å². The van der Waals surface area contributed by atoms with Crippen LogP contribution in [0.2, 0.25) is 0 Å². The van der Waals surface area contributed by atoms with E-state index in [4.69, 9.17) is 4.74 Å². The Bertz CT molecular complexity index is 952. The second-order valence-corrected chi connectivity index (χ2v) is 6.65. The number of benzene rings is 1. The van der Waals surface area contributed by atoms with Gasteiger partial charge < -0.3 is 4.74 Å². The predicted octanol–water partition coefficient (Wildman–Crippen LogP) is 2.33. The largest absolute Gasteiger partial charge is 0.349 e. The lowest BCUT2D eigenvalue weighted by Gasteiger charge is -2.36. The zero-order valence-electron chi connectivity index (χ0n) is 14.3. The highest BCUT2D eigenvalue weighted by molar-refractivity contribution is 5.52. The smallest absolute Gasteiger partial charge is 0.193 e. The number of nitrogens with zero attached hydrogens (tertiary/aromatic N) is 5. The third-order valence-corrected chi connectivity index (χ3v) is 5.11. The van der Waals surface area contributed by atoms with E-state index in [2.05, 4.69) is 49.8 Å². The topological polar surface area (TPSA) is 56.1 Å². The number of pyridine rings is 1. The average molecular weight is 333 g/mol. The Morgan fingerprint density at radius 1 is 1.12 bits per heavy atom. The molecular weight excluding hydrogens is 314 g/mol. The van der Waals surface area contributed by atoms with Gasteiger partial charge in [0.05, 0.1) is 24.5 Å². The van der Waals surface area contributed by atoms with Crippen LogP contribution in [0.15, 0.2) is 42.6 Å². The van der Waals surface area contributed by atoms with Crippen molar-refractivity contribution in [2.24, 2.45) is 0 Å². The summed E-state index contributed by atoms with van der Waals surface area (Å²) in [4.78, 5) is 6.98. The third kappa shape index (κ3) is 1.95. The number of aryl methyl sites for hydroxylation is 2. The van der Waals surface area contributed by atoms with Crippen molar-refractivity contribution < 1.29 is 4.74 Å². The van der Waals surface area contributed by atoms with Crippen LogP contribution in [0.3, 0.4) is 0 Å². The van der Waals surface area contributed by atoms with Gasteiger partial charge in [0.25, 0.3) is 0 Å². The van der Waals surface area contributed by atoms with Crippen LogP contribution in [0.1, 0.15) is 28.5 Å². The van der Waals surface area contributed by atoms with Gasteiger partial charge in [0.15, 0.2) is 11.5 Å². The van der Waals surface area contributed by atoms with Crippen molar-refractivity contribution in [2.45, 2.75) is 26.1 Å². The minimum atomic E-state index is -0.685. The molecule has 4 heterocycles. The lowest BCUT2D eigenvalue weighted by atomic mass is 9.94. The van der Waals surface area contributed by atoms with Crippen molar-refractivity contribution in [3.8, 4) is 5.69 Å². The molecule has 0 bridgehead atoms. The van der Waals surface area contributed by atoms with E-state index >= 15 is 0 Å². The number of aromatic nitrogens is 4. The number of hydrogen-bond donors (Lipinski definition) is 0. The van der Waals surface area contributed by atoms with E-state index in [-0.39, 0.29) is 0 Å². The minimum Gasteiger partial charge on any atom is -0.349 e. The maximum Gasteiger partial charge on any atom is 0.193 e. The summed E-state index contributed by atoms with van der Waals surface area (Å²) in [7, 11) is 0. The third-order valence-electron chi connectivity index (χ3n) is 5.11. The van der Waals surface area contributed by atoms with E-state index in [0.717, 1.165) is 35.1 Å². The van der Waals surface area contributed by atoms with Crippen molar-refractivity contribution in [3.63, 3.8) is 0 Å². The zero-order chi connectivity index (χ0) is 17.0. The Labute approximate surface area is 146 Å². The second kappa shape index (κ2) is 5.21. The van der Waals surface area contributed by atoms with Crippen molar-refractivity contribution in [2.75, 3.05) is 13.2 Å². The number of rotatable bonds is 1. The highest BCUT2D eigenvalue weighted by Gasteiger charge is 2.50. The molecule has 0 amide bonds. The molecule has 0 spiro atoms. The van der Waals surface area contributed by atoms with Crippen molar-refractivity contribution in [3.05, 3.63) is 71.1 Å². The summed E-state index contributed by atoms with van der Waals surface area (Å²) in [6.45, 7) is 6.26. The zero-order valence-corrected chi connectivity index (χ0v) is 14.3. The molecule has 1 atom stereocenters. The van der Waals surface area contributed by atoms with Gasteiger partial charge in [-0.15, -0.1) is 10.2 Å². The van der Waals surface area contributed by atoms with E-state index in [1.807, 2.05) is 31.3 Å². The number of ether oxygens (including phenoxy) is 1. The van der Waals surface area contributed by atoms with Gasteiger partial charge in [-0.3, -0.25) is 14.5 Å². The number of fused-ring (bicyclic) bond motifs is 5. The molecule has 126 valence electrons. The quantitative estimate of drug-likeness (QED) is 0.684. The Kier molecular flexibility index (Phi) is 3.07. The Hall–Kier alpha value is -2.57. The predicted molar refractivity (Wildman–Crippen MR) is 92.2 cm³/mol. The van der Waals surface area contributed by atoms with E-state index in [1.54, 1.807) is 0 Å². The van der Waals surface area contributed by atoms with Crippen LogP contribution in [-0.4, -0.2) is 37.8 Å². The molecule has 0 N–H and O–H groups in total. The summed E-state index contributed by atoms with van der Waals surface area (Å²) in [5, 5.41) is 8.72. The minimum absolute atomic E-state index is 0.664. The Morgan fingerprint density at radius 2 is 2.04 bits per heavy atom. The lowest BCUT2D eigenvalue weighted by Crippen LogP contribution is -2.43. The van der Waals surface area contributed by atoms with Crippen LogP contribution in [0.4, 0.5) is 0 Å². The SMILES string of the molecule is Cc1ccc2c(c1)C1(c3ccccn3)OCCN1Cc1nnc(C)n1-2. The molecule has 2 aromatic heterocycles. The summed E-state index contributed by atoms with van der Waals surface area (Å²) < 4.78 is 8.57. The molecule has 2 aliphatic rings. The van der Waals surface area contributed by atoms with Gasteiger partial charge in [0, 0.05) is 18.3 Å². The average Bonchev–Trinajstić information content (AvgIpc) is 3.18. The molecule has 6 nitrogen and oxygen atoms in total. The first-order valence-corrected chi connectivity index (χ1v) is 8.53. The van der Waals surface area contributed by atoms with E-state index in [9.17, 15) is 0 Å². The van der Waals surface area contributed by atoms with Crippen molar-refractivity contribution >= 4 is 0 Å². The van der Waals surface area contributed by atoms with Crippen molar-refractivity contribution in [1.82, 2.24) is 24.6 Å². The second-order valence-electron chi connectivity index (χ2n) is 6.65. The molecule has 25 heavy (non-hydrogen) atoms. The molecule has 1 saturated heterocycles. The Balaban J connectivity index is 1.87. The summed E-state index contributed by atoms with van der Waals surface area (Å²) in [6.07, 6.45) is 1.83. The molecule has 0 aliphatic carbocycles. The van der Waals surface area contributed by atoms with Gasteiger partial charge in [0.1, 0.15) is 5.82 Å². The Morgan fingerprint density at radius 3 is 2.88 bits per heavy atom.